The van der Waals surface area contributed by atoms with E-state index in [1.54, 1.807) is 27.8 Å². The molecule has 150 valence electrons. The average molecular weight is 391 g/mol. The third kappa shape index (κ3) is 4.01. The first-order chi connectivity index (χ1) is 11.8. The molecule has 0 N–H and O–H groups in total. The molecule has 10 heteroatoms. The van der Waals surface area contributed by atoms with E-state index in [0.29, 0.717) is 0 Å². The van der Waals surface area contributed by atoms with Crippen LogP contribution in [0, 0.1) is 5.92 Å². The summed E-state index contributed by atoms with van der Waals surface area (Å²) in [5, 5.41) is 0. The van der Waals surface area contributed by atoms with Crippen molar-refractivity contribution in [3.63, 3.8) is 0 Å². The van der Waals surface area contributed by atoms with E-state index in [0.717, 1.165) is 10.6 Å². The van der Waals surface area contributed by atoms with E-state index in [4.69, 9.17) is 4.74 Å². The van der Waals surface area contributed by atoms with Crippen LogP contribution in [0.25, 0.3) is 0 Å². The van der Waals surface area contributed by atoms with Gasteiger partial charge in [0.1, 0.15) is 12.1 Å². The molecule has 5 atom stereocenters. The van der Waals surface area contributed by atoms with Crippen molar-refractivity contribution in [2.45, 2.75) is 51.9 Å². The van der Waals surface area contributed by atoms with Gasteiger partial charge in [0.15, 0.2) is 0 Å². The molecule has 0 radical (unpaired) electrons. The largest absolute Gasteiger partial charge is 0.469 e. The molecule has 1 rings (SSSR count). The predicted octanol–water partition coefficient (Wildman–Crippen LogP) is -0.478. The highest BCUT2D eigenvalue weighted by Gasteiger charge is 2.49. The minimum atomic E-state index is -3.60. The summed E-state index contributed by atoms with van der Waals surface area (Å²) in [7, 11) is 0.587. The van der Waals surface area contributed by atoms with Crippen molar-refractivity contribution >= 4 is 27.8 Å². The number of likely N-dealkylation sites (N-methyl/N-ethyl adjacent to an activating group) is 2. The molecular formula is C16H29N3O6S. The second-order valence-corrected chi connectivity index (χ2v) is 8.91. The number of methoxy groups -OCH3 is 1. The molecule has 0 bridgehead atoms. The number of hydrogen-bond donors (Lipinski definition) is 0. The van der Waals surface area contributed by atoms with Crippen LogP contribution >= 0.6 is 0 Å². The molecule has 1 saturated heterocycles. The maximum atomic E-state index is 13.1. The van der Waals surface area contributed by atoms with Crippen LogP contribution in [0.15, 0.2) is 0 Å². The summed E-state index contributed by atoms with van der Waals surface area (Å²) >= 11 is 0. The minimum absolute atomic E-state index is 0.270. The zero-order chi connectivity index (χ0) is 20.6. The van der Waals surface area contributed by atoms with Crippen LogP contribution in [-0.2, 0) is 29.1 Å². The molecule has 1 aliphatic rings. The van der Waals surface area contributed by atoms with Crippen LogP contribution < -0.4 is 0 Å². The normalized spacial score (nSPS) is 26.7. The third-order valence-electron chi connectivity index (χ3n) is 5.31. The van der Waals surface area contributed by atoms with E-state index in [2.05, 4.69) is 0 Å². The lowest BCUT2D eigenvalue weighted by atomic mass is 9.88. The second-order valence-electron chi connectivity index (χ2n) is 6.87. The van der Waals surface area contributed by atoms with Crippen molar-refractivity contribution < 1.29 is 27.5 Å². The maximum absolute atomic E-state index is 13.1. The Kier molecular flexibility index (Phi) is 6.80. The number of nitrogens with zero attached hydrogens (tertiary/aromatic N) is 3. The van der Waals surface area contributed by atoms with Gasteiger partial charge in [0, 0.05) is 20.1 Å². The number of carbonyl (C=O) groups is 3. The highest BCUT2D eigenvalue weighted by atomic mass is 32.2. The monoisotopic (exact) mass is 391 g/mol. The molecule has 0 spiro atoms. The van der Waals surface area contributed by atoms with Crippen LogP contribution in [0.5, 0.6) is 0 Å². The Morgan fingerprint density at radius 1 is 1.23 bits per heavy atom. The number of piperazine rings is 1. The molecule has 2 amide bonds. The van der Waals surface area contributed by atoms with Gasteiger partial charge in [-0.1, -0.05) is 0 Å². The van der Waals surface area contributed by atoms with Crippen LogP contribution in [0.4, 0.5) is 0 Å². The molecule has 0 aromatic heterocycles. The topological polar surface area (TPSA) is 104 Å². The van der Waals surface area contributed by atoms with Gasteiger partial charge in [-0.3, -0.25) is 14.4 Å². The van der Waals surface area contributed by atoms with Crippen molar-refractivity contribution in [1.29, 1.82) is 0 Å². The van der Waals surface area contributed by atoms with E-state index in [1.165, 1.54) is 30.9 Å². The van der Waals surface area contributed by atoms with Crippen molar-refractivity contribution in [3.05, 3.63) is 0 Å². The second kappa shape index (κ2) is 7.91. The molecular weight excluding hydrogens is 362 g/mol. The smallest absolute Gasteiger partial charge is 0.310 e. The highest BCUT2D eigenvalue weighted by molar-refractivity contribution is 7.88. The number of ether oxygens (including phenoxy) is 1. The number of carbonyl (C=O) groups excluding carboxylic acids is 3. The van der Waals surface area contributed by atoms with Gasteiger partial charge in [-0.15, -0.1) is 0 Å². The summed E-state index contributed by atoms with van der Waals surface area (Å²) in [6.45, 7) is 6.42. The van der Waals surface area contributed by atoms with Crippen molar-refractivity contribution in [3.8, 4) is 0 Å². The minimum Gasteiger partial charge on any atom is -0.469 e. The van der Waals surface area contributed by atoms with Crippen LogP contribution in [-0.4, -0.2) is 91.9 Å². The fourth-order valence-electron chi connectivity index (χ4n) is 3.31. The van der Waals surface area contributed by atoms with Crippen LogP contribution in [0.3, 0.4) is 0 Å². The summed E-state index contributed by atoms with van der Waals surface area (Å²) in [5.74, 6) is -1.99. The lowest BCUT2D eigenvalue weighted by Gasteiger charge is -2.50. The molecule has 9 nitrogen and oxygen atoms in total. The van der Waals surface area contributed by atoms with Gasteiger partial charge in [-0.05, 0) is 27.7 Å². The van der Waals surface area contributed by atoms with Crippen molar-refractivity contribution in [2.75, 3.05) is 27.5 Å². The quantitative estimate of drug-likeness (QED) is 0.587. The van der Waals surface area contributed by atoms with E-state index in [-0.39, 0.29) is 5.91 Å². The zero-order valence-electron chi connectivity index (χ0n) is 16.6. The fraction of sp³-hybridized carbons (Fsp3) is 0.812. The third-order valence-corrected chi connectivity index (χ3v) is 6.68. The van der Waals surface area contributed by atoms with Gasteiger partial charge in [0.25, 0.3) is 0 Å². The standard InChI is InChI=1S/C16H29N3O6S/c1-9(16(22)25-7)13-10(2)17(5)14(20)12(4)19(13)15(21)11(3)18(6)26(8,23)24/h9-13H,1-8H3. The van der Waals surface area contributed by atoms with Gasteiger partial charge in [0.2, 0.25) is 21.8 Å². The summed E-state index contributed by atoms with van der Waals surface area (Å²) < 4.78 is 29.4. The maximum Gasteiger partial charge on any atom is 0.310 e. The van der Waals surface area contributed by atoms with Gasteiger partial charge in [-0.2, -0.15) is 4.31 Å². The SMILES string of the molecule is COC(=O)C(C)C1C(C)N(C)C(=O)C(C)N1C(=O)C(C)N(C)S(C)(=O)=O. The average Bonchev–Trinajstić information content (AvgIpc) is 2.58. The lowest BCUT2D eigenvalue weighted by molar-refractivity contribution is -0.167. The Balaban J connectivity index is 3.37. The fourth-order valence-corrected chi connectivity index (χ4v) is 3.98. The molecule has 1 aliphatic heterocycles. The molecule has 0 aromatic carbocycles. The molecule has 0 aromatic rings. The summed E-state index contributed by atoms with van der Waals surface area (Å²) in [4.78, 5) is 40.6. The van der Waals surface area contributed by atoms with Crippen LogP contribution in [0.2, 0.25) is 0 Å². The molecule has 5 unspecified atom stereocenters. The number of hydrogen-bond acceptors (Lipinski definition) is 6. The van der Waals surface area contributed by atoms with Crippen molar-refractivity contribution in [2.24, 2.45) is 5.92 Å². The zero-order valence-corrected chi connectivity index (χ0v) is 17.4. The molecule has 0 aliphatic carbocycles. The van der Waals surface area contributed by atoms with Gasteiger partial charge < -0.3 is 14.5 Å². The molecule has 26 heavy (non-hydrogen) atoms. The summed E-state index contributed by atoms with van der Waals surface area (Å²) in [6, 6.07) is -2.91. The first-order valence-electron chi connectivity index (χ1n) is 8.37. The Morgan fingerprint density at radius 3 is 2.15 bits per heavy atom. The van der Waals surface area contributed by atoms with Gasteiger partial charge in [-0.25, -0.2) is 8.42 Å². The molecule has 1 fully saturated rings. The van der Waals surface area contributed by atoms with E-state index >= 15 is 0 Å². The number of rotatable bonds is 5. The van der Waals surface area contributed by atoms with E-state index in [1.807, 2.05) is 0 Å². The Morgan fingerprint density at radius 2 is 1.73 bits per heavy atom. The first kappa shape index (κ1) is 22.4. The first-order valence-corrected chi connectivity index (χ1v) is 10.2. The Hall–Kier alpha value is -1.68. The summed E-state index contributed by atoms with van der Waals surface area (Å²) in [5.41, 5.74) is 0. The van der Waals surface area contributed by atoms with E-state index in [9.17, 15) is 22.8 Å². The molecule has 0 saturated carbocycles. The molecule has 1 heterocycles. The Labute approximate surface area is 155 Å². The van der Waals surface area contributed by atoms with Crippen LogP contribution in [0.1, 0.15) is 27.7 Å². The van der Waals surface area contributed by atoms with Gasteiger partial charge in [0.05, 0.1) is 25.3 Å². The predicted molar refractivity (Wildman–Crippen MR) is 95.6 cm³/mol. The van der Waals surface area contributed by atoms with E-state index < -0.39 is 52.0 Å². The number of esters is 1. The summed E-state index contributed by atoms with van der Waals surface area (Å²) in [6.07, 6.45) is 1.01. The van der Waals surface area contributed by atoms with Crippen molar-refractivity contribution in [1.82, 2.24) is 14.1 Å². The number of sulfonamides is 1. The lowest BCUT2D eigenvalue weighted by Crippen LogP contribution is -2.69. The van der Waals surface area contributed by atoms with Gasteiger partial charge >= 0.3 is 5.97 Å². The Bertz CT molecular complexity index is 679. The highest BCUT2D eigenvalue weighted by Crippen LogP contribution is 2.29. The number of amides is 2.